The molecule has 2 atom stereocenters. The lowest BCUT2D eigenvalue weighted by molar-refractivity contribution is 0.222. The molecule has 114 valence electrons. The first-order valence-corrected chi connectivity index (χ1v) is 7.10. The molecule has 0 aliphatic carbocycles. The number of nitrogen functional groups attached to an aromatic ring is 1. The van der Waals surface area contributed by atoms with E-state index in [2.05, 4.69) is 46.5 Å². The van der Waals surface area contributed by atoms with Gasteiger partial charge in [-0.25, -0.2) is 5.84 Å². The molecule has 0 saturated carbocycles. The summed E-state index contributed by atoms with van der Waals surface area (Å²) in [5, 5.41) is 3.26. The second kappa shape index (κ2) is 7.84. The predicted molar refractivity (Wildman–Crippen MR) is 80.6 cm³/mol. The third-order valence-electron chi connectivity index (χ3n) is 2.91. The fourth-order valence-electron chi connectivity index (χ4n) is 1.80. The van der Waals surface area contributed by atoms with E-state index in [0.29, 0.717) is 11.9 Å². The third kappa shape index (κ3) is 5.56. The van der Waals surface area contributed by atoms with Gasteiger partial charge in [0.1, 0.15) is 0 Å². The summed E-state index contributed by atoms with van der Waals surface area (Å²) in [6.45, 7) is 10.3. The van der Waals surface area contributed by atoms with Gasteiger partial charge in [0.2, 0.25) is 11.9 Å². The minimum atomic E-state index is -0.00610. The summed E-state index contributed by atoms with van der Waals surface area (Å²) in [7, 11) is 0. The standard InChI is InChI=1S/C13H26N6O/c1-6-9(4)7-10(5)15-11-16-12(19-14)18-13(17-11)20-8(2)3/h8-10H,6-7,14H2,1-5H3,(H2,15,16,17,18,19). The van der Waals surface area contributed by atoms with Crippen molar-refractivity contribution < 1.29 is 4.74 Å². The number of ether oxygens (including phenoxy) is 1. The molecular formula is C13H26N6O. The van der Waals surface area contributed by atoms with Crippen molar-refractivity contribution in [2.24, 2.45) is 11.8 Å². The van der Waals surface area contributed by atoms with E-state index in [-0.39, 0.29) is 24.1 Å². The summed E-state index contributed by atoms with van der Waals surface area (Å²) in [5.74, 6) is 6.77. The molecule has 2 unspecified atom stereocenters. The quantitative estimate of drug-likeness (QED) is 0.496. The summed E-state index contributed by atoms with van der Waals surface area (Å²) in [6, 6.07) is 0.533. The van der Waals surface area contributed by atoms with Crippen LogP contribution in [0.25, 0.3) is 0 Å². The van der Waals surface area contributed by atoms with Gasteiger partial charge in [-0.1, -0.05) is 20.3 Å². The Hall–Kier alpha value is -1.63. The number of aromatic nitrogens is 3. The van der Waals surface area contributed by atoms with Gasteiger partial charge < -0.3 is 10.1 Å². The molecule has 4 N–H and O–H groups in total. The Balaban J connectivity index is 2.77. The van der Waals surface area contributed by atoms with E-state index in [1.165, 1.54) is 0 Å². The topological polar surface area (TPSA) is 98.0 Å². The zero-order chi connectivity index (χ0) is 15.1. The van der Waals surface area contributed by atoms with Gasteiger partial charge in [-0.2, -0.15) is 15.0 Å². The highest BCUT2D eigenvalue weighted by Crippen LogP contribution is 2.16. The van der Waals surface area contributed by atoms with Crippen LogP contribution >= 0.6 is 0 Å². The third-order valence-corrected chi connectivity index (χ3v) is 2.91. The molecule has 0 saturated heterocycles. The van der Waals surface area contributed by atoms with Gasteiger partial charge in [-0.05, 0) is 33.1 Å². The Bertz CT molecular complexity index is 412. The van der Waals surface area contributed by atoms with Gasteiger partial charge in [-0.3, -0.25) is 5.43 Å². The molecule has 1 heterocycles. The molecule has 0 radical (unpaired) electrons. The fraction of sp³-hybridized carbons (Fsp3) is 0.769. The molecule has 1 rings (SSSR count). The summed E-state index contributed by atoms with van der Waals surface area (Å²) in [6.07, 6.45) is 2.20. The monoisotopic (exact) mass is 282 g/mol. The first-order valence-electron chi connectivity index (χ1n) is 7.10. The van der Waals surface area contributed by atoms with Crippen LogP contribution in [-0.4, -0.2) is 27.1 Å². The number of hydrogen-bond acceptors (Lipinski definition) is 7. The molecule has 0 aliphatic rings. The van der Waals surface area contributed by atoms with E-state index in [0.717, 1.165) is 12.8 Å². The second-order valence-corrected chi connectivity index (χ2v) is 5.37. The van der Waals surface area contributed by atoms with Gasteiger partial charge in [-0.15, -0.1) is 0 Å². The van der Waals surface area contributed by atoms with E-state index in [4.69, 9.17) is 10.6 Å². The highest BCUT2D eigenvalue weighted by molar-refractivity contribution is 5.35. The molecule has 0 spiro atoms. The summed E-state index contributed by atoms with van der Waals surface area (Å²) in [5.41, 5.74) is 2.42. The Morgan fingerprint density at radius 3 is 2.30 bits per heavy atom. The van der Waals surface area contributed by atoms with Crippen molar-refractivity contribution in [1.82, 2.24) is 15.0 Å². The summed E-state index contributed by atoms with van der Waals surface area (Å²) < 4.78 is 5.48. The number of anilines is 2. The van der Waals surface area contributed by atoms with Crippen LogP contribution in [0.5, 0.6) is 6.01 Å². The van der Waals surface area contributed by atoms with Crippen LogP contribution in [0, 0.1) is 5.92 Å². The number of nitrogens with one attached hydrogen (secondary N) is 2. The highest BCUT2D eigenvalue weighted by Gasteiger charge is 2.12. The first kappa shape index (κ1) is 16.4. The van der Waals surface area contributed by atoms with E-state index in [9.17, 15) is 0 Å². The van der Waals surface area contributed by atoms with Crippen molar-refractivity contribution in [2.75, 3.05) is 10.7 Å². The molecule has 1 aromatic heterocycles. The Kier molecular flexibility index (Phi) is 6.44. The van der Waals surface area contributed by atoms with Gasteiger partial charge in [0, 0.05) is 6.04 Å². The van der Waals surface area contributed by atoms with Crippen LogP contribution in [0.3, 0.4) is 0 Å². The maximum atomic E-state index is 5.48. The molecule has 7 heteroatoms. The average molecular weight is 282 g/mol. The van der Waals surface area contributed by atoms with E-state index in [1.54, 1.807) is 0 Å². The molecule has 7 nitrogen and oxygen atoms in total. The Morgan fingerprint density at radius 2 is 1.75 bits per heavy atom. The molecule has 1 aromatic rings. The lowest BCUT2D eigenvalue weighted by atomic mass is 10.0. The van der Waals surface area contributed by atoms with E-state index < -0.39 is 0 Å². The highest BCUT2D eigenvalue weighted by atomic mass is 16.5. The second-order valence-electron chi connectivity index (χ2n) is 5.37. The zero-order valence-electron chi connectivity index (χ0n) is 13.0. The zero-order valence-corrected chi connectivity index (χ0v) is 13.0. The van der Waals surface area contributed by atoms with Gasteiger partial charge >= 0.3 is 6.01 Å². The smallest absolute Gasteiger partial charge is 0.323 e. The lowest BCUT2D eigenvalue weighted by Gasteiger charge is -2.18. The number of nitrogens with zero attached hydrogens (tertiary/aromatic N) is 3. The van der Waals surface area contributed by atoms with Crippen molar-refractivity contribution in [3.05, 3.63) is 0 Å². The van der Waals surface area contributed by atoms with Crippen molar-refractivity contribution in [3.8, 4) is 6.01 Å². The molecule has 0 amide bonds. The number of hydrogen-bond donors (Lipinski definition) is 3. The van der Waals surface area contributed by atoms with Crippen LogP contribution in [-0.2, 0) is 0 Å². The fourth-order valence-corrected chi connectivity index (χ4v) is 1.80. The molecule has 20 heavy (non-hydrogen) atoms. The van der Waals surface area contributed by atoms with Crippen LogP contribution in [0.15, 0.2) is 0 Å². The van der Waals surface area contributed by atoms with Crippen molar-refractivity contribution in [2.45, 2.75) is 59.6 Å². The summed E-state index contributed by atoms with van der Waals surface area (Å²) in [4.78, 5) is 12.5. The van der Waals surface area contributed by atoms with E-state index >= 15 is 0 Å². The van der Waals surface area contributed by atoms with Crippen LogP contribution in [0.2, 0.25) is 0 Å². The summed E-state index contributed by atoms with van der Waals surface area (Å²) >= 11 is 0. The van der Waals surface area contributed by atoms with Crippen LogP contribution in [0.1, 0.15) is 47.5 Å². The van der Waals surface area contributed by atoms with Crippen molar-refractivity contribution in [1.29, 1.82) is 0 Å². The SMILES string of the molecule is CCC(C)CC(C)Nc1nc(NN)nc(OC(C)C)n1. The maximum Gasteiger partial charge on any atom is 0.323 e. The normalized spacial score (nSPS) is 13.9. The van der Waals surface area contributed by atoms with Gasteiger partial charge in [0.15, 0.2) is 0 Å². The van der Waals surface area contributed by atoms with Crippen molar-refractivity contribution >= 4 is 11.9 Å². The molecule has 0 fully saturated rings. The maximum absolute atomic E-state index is 5.48. The minimum Gasteiger partial charge on any atom is -0.461 e. The van der Waals surface area contributed by atoms with Gasteiger partial charge in [0.25, 0.3) is 0 Å². The predicted octanol–water partition coefficient (Wildman–Crippen LogP) is 2.18. The molecule has 0 aromatic carbocycles. The Morgan fingerprint density at radius 1 is 1.10 bits per heavy atom. The first-order chi connectivity index (χ1) is 9.44. The Labute approximate surface area is 120 Å². The molecule has 0 bridgehead atoms. The minimum absolute atomic E-state index is 0.00610. The number of rotatable bonds is 8. The van der Waals surface area contributed by atoms with Crippen LogP contribution in [0.4, 0.5) is 11.9 Å². The van der Waals surface area contributed by atoms with E-state index in [1.807, 2.05) is 13.8 Å². The molecule has 0 aliphatic heterocycles. The van der Waals surface area contributed by atoms with Crippen molar-refractivity contribution in [3.63, 3.8) is 0 Å². The largest absolute Gasteiger partial charge is 0.461 e. The number of hydrazine groups is 1. The molecular weight excluding hydrogens is 256 g/mol. The van der Waals surface area contributed by atoms with Gasteiger partial charge in [0.05, 0.1) is 6.10 Å². The van der Waals surface area contributed by atoms with Crippen LogP contribution < -0.4 is 21.3 Å². The average Bonchev–Trinajstić information content (AvgIpc) is 2.37. The number of nitrogens with two attached hydrogens (primary N) is 1. The lowest BCUT2D eigenvalue weighted by Crippen LogP contribution is -2.22.